The number of piperidine rings is 1. The van der Waals surface area contributed by atoms with Gasteiger partial charge in [-0.2, -0.15) is 0 Å². The van der Waals surface area contributed by atoms with E-state index >= 15 is 0 Å². The van der Waals surface area contributed by atoms with Crippen molar-refractivity contribution in [3.05, 3.63) is 23.2 Å². The van der Waals surface area contributed by atoms with E-state index in [9.17, 15) is 6.17 Å². The Bertz CT molecular complexity index is 995. The Morgan fingerprint density at radius 2 is 2.55 bits per heavy atom. The van der Waals surface area contributed by atoms with Crippen LogP contribution in [-0.4, -0.2) is 43.5 Å². The van der Waals surface area contributed by atoms with Crippen molar-refractivity contribution in [2.75, 3.05) is 20.6 Å². The first kappa shape index (κ1) is 7.35. The van der Waals surface area contributed by atoms with Gasteiger partial charge in [0.2, 0.25) is 0 Å². The van der Waals surface area contributed by atoms with Gasteiger partial charge in [0.05, 0.1) is 9.85 Å². The molecule has 2 aliphatic carbocycles. The van der Waals surface area contributed by atoms with E-state index in [0.29, 0.717) is 0 Å². The van der Waals surface area contributed by atoms with Gasteiger partial charge in [0, 0.05) is 31.7 Å². The smallest absolute Gasteiger partial charge is 0.174 e. The Kier molecular flexibility index (Phi) is 1.35. The van der Waals surface area contributed by atoms with Crippen LogP contribution in [0.2, 0.25) is 0 Å². The zero-order valence-corrected chi connectivity index (χ0v) is 12.2. The van der Waals surface area contributed by atoms with E-state index in [1.54, 1.807) is 0 Å². The third kappa shape index (κ3) is 1.27. The molecule has 2 aliphatic heterocycles. The highest BCUT2D eigenvalue weighted by Crippen LogP contribution is 2.62. The summed E-state index contributed by atoms with van der Waals surface area (Å²) in [4.78, 5) is 13.9. The summed E-state index contributed by atoms with van der Waals surface area (Å²) in [5.74, 6) is -1.88. The lowest BCUT2D eigenvalue weighted by atomic mass is 9.52. The van der Waals surface area contributed by atoms with Crippen molar-refractivity contribution in [1.82, 2.24) is 4.90 Å². The van der Waals surface area contributed by atoms with Gasteiger partial charge >= 0.3 is 0 Å². The third-order valence-electron chi connectivity index (χ3n) is 5.49. The quantitative estimate of drug-likeness (QED) is 0.795. The van der Waals surface area contributed by atoms with Gasteiger partial charge in [-0.05, 0) is 50.2 Å². The lowest BCUT2D eigenvalue weighted by Crippen LogP contribution is -2.65. The van der Waals surface area contributed by atoms with E-state index in [2.05, 4.69) is 0 Å². The second-order valence-corrected chi connectivity index (χ2v) is 6.31. The van der Waals surface area contributed by atoms with Crippen LogP contribution in [-0.2, 0) is 16.6 Å². The molecule has 0 N–H and O–H groups in total. The Morgan fingerprint density at radius 1 is 1.64 bits per heavy atom. The number of likely N-dealkylation sites (N-methyl/N-ethyl adjacent to an activating group) is 1. The van der Waals surface area contributed by atoms with Crippen molar-refractivity contribution in [3.63, 3.8) is 0 Å². The number of ether oxygens (including phenoxy) is 2. The zero-order valence-electron chi connectivity index (χ0n) is 20.2. The van der Waals surface area contributed by atoms with E-state index in [-0.39, 0.29) is 60.3 Å². The van der Waals surface area contributed by atoms with Crippen molar-refractivity contribution >= 4 is 5.78 Å². The summed E-state index contributed by atoms with van der Waals surface area (Å²) >= 11 is 0. The summed E-state index contributed by atoms with van der Waals surface area (Å²) in [5.41, 5.74) is -1.18. The van der Waals surface area contributed by atoms with E-state index in [4.69, 9.17) is 19.1 Å². The molecule has 0 radical (unpaired) electrons. The molecule has 4 nitrogen and oxygen atoms in total. The molecule has 2 fully saturated rings. The molecule has 4 atom stereocenters. The lowest BCUT2D eigenvalue weighted by Gasteiger charge is -2.57. The minimum absolute atomic E-state index is 0.000392. The topological polar surface area (TPSA) is 38.8 Å². The number of likely N-dealkylation sites (tertiary alicyclic amines) is 1. The Balaban J connectivity index is 1.94. The van der Waals surface area contributed by atoms with Crippen molar-refractivity contribution < 1.29 is 25.2 Å². The van der Waals surface area contributed by atoms with Gasteiger partial charge in [-0.25, -0.2) is 0 Å². The van der Waals surface area contributed by atoms with Crippen LogP contribution in [0.25, 0.3) is 0 Å². The molecular formula is C18H21NO3. The fraction of sp³-hybridized carbons (Fsp3) is 0.611. The number of Topliss-reactive ketones (excluding diaryl/α,β-unsaturated/α-hetero) is 1. The first-order valence-electron chi connectivity index (χ1n) is 11.5. The largest absolute Gasteiger partial charge is 0.493 e. The summed E-state index contributed by atoms with van der Waals surface area (Å²) in [5, 5.41) is 0. The first-order chi connectivity index (χ1) is 13.8. The molecule has 4 aliphatic rings. The van der Waals surface area contributed by atoms with E-state index in [1.165, 1.54) is 7.11 Å². The van der Waals surface area contributed by atoms with Crippen LogP contribution in [0.4, 0.5) is 0 Å². The number of hydrogen-bond acceptors (Lipinski definition) is 4. The molecule has 116 valence electrons. The number of carbonyl (C=O) groups excluding carboxylic acids is 1. The molecule has 0 aromatic heterocycles. The molecule has 1 saturated heterocycles. The minimum Gasteiger partial charge on any atom is -0.493 e. The maximum atomic E-state index is 12.9. The normalized spacial score (nSPS) is 50.0. The minimum atomic E-state index is -2.65. The maximum absolute atomic E-state index is 12.9. The standard InChI is InChI=1S/C18H21NO3/c1-19-8-7-18-11-4-5-13(20)17(18)22-16-14(21-2)6-3-10(15(16)18)9-12(11)19/h3,6,11-12,17H,4-5,7-9H2,1-2H3/t11-,12+,17?,18-/m0/s1/i1D3,3D,6D,9D2,11D. The highest BCUT2D eigenvalue weighted by Gasteiger charge is 2.65. The van der Waals surface area contributed by atoms with Crippen LogP contribution < -0.4 is 9.47 Å². The predicted molar refractivity (Wildman–Crippen MR) is 81.6 cm³/mol. The fourth-order valence-electron chi connectivity index (χ4n) is 4.60. The van der Waals surface area contributed by atoms with Crippen LogP contribution in [0.5, 0.6) is 11.5 Å². The molecule has 1 saturated carbocycles. The van der Waals surface area contributed by atoms with Gasteiger partial charge in [-0.15, -0.1) is 0 Å². The second-order valence-electron chi connectivity index (χ2n) is 6.31. The van der Waals surface area contributed by atoms with Gasteiger partial charge < -0.3 is 14.4 Å². The fourth-order valence-corrected chi connectivity index (χ4v) is 4.60. The molecule has 1 unspecified atom stereocenters. The summed E-state index contributed by atoms with van der Waals surface area (Å²) in [6.07, 6.45) is -3.41. The average Bonchev–Trinajstić information content (AvgIpc) is 2.97. The Labute approximate surface area is 141 Å². The lowest BCUT2D eigenvalue weighted by molar-refractivity contribution is -0.138. The summed E-state index contributed by atoms with van der Waals surface area (Å²) in [6.45, 7) is -2.69. The second kappa shape index (κ2) is 4.05. The third-order valence-corrected chi connectivity index (χ3v) is 5.49. The maximum Gasteiger partial charge on any atom is 0.174 e. The van der Waals surface area contributed by atoms with E-state index in [0.717, 1.165) is 4.90 Å². The molecule has 0 amide bonds. The number of carbonyl (C=O) groups is 1. The van der Waals surface area contributed by atoms with Gasteiger partial charge in [-0.3, -0.25) is 4.79 Å². The van der Waals surface area contributed by atoms with E-state index < -0.39 is 42.8 Å². The molecule has 22 heavy (non-hydrogen) atoms. The van der Waals surface area contributed by atoms with Gasteiger partial charge in [-0.1, -0.05) is 6.04 Å². The molecular weight excluding hydrogens is 278 g/mol. The zero-order chi connectivity index (χ0) is 22.0. The Morgan fingerprint density at radius 3 is 3.36 bits per heavy atom. The van der Waals surface area contributed by atoms with Crippen molar-refractivity contribution in [1.29, 1.82) is 0 Å². The number of ketones is 1. The van der Waals surface area contributed by atoms with Crippen LogP contribution in [0.3, 0.4) is 0 Å². The number of hydrogen-bond donors (Lipinski definition) is 0. The van der Waals surface area contributed by atoms with Crippen LogP contribution in [0, 0.1) is 5.89 Å². The van der Waals surface area contributed by atoms with Crippen molar-refractivity contribution in [2.24, 2.45) is 5.89 Å². The molecule has 1 spiro atoms. The van der Waals surface area contributed by atoms with Crippen molar-refractivity contribution in [2.45, 2.75) is 43.2 Å². The number of benzene rings is 1. The van der Waals surface area contributed by atoms with Crippen molar-refractivity contribution in [3.8, 4) is 11.5 Å². The van der Waals surface area contributed by atoms with Gasteiger partial charge in [0.15, 0.2) is 23.4 Å². The molecule has 4 heteroatoms. The number of rotatable bonds is 1. The highest BCUT2D eigenvalue weighted by molar-refractivity contribution is 5.89. The molecule has 1 aromatic carbocycles. The number of nitrogens with zero attached hydrogens (tertiary/aromatic N) is 1. The first-order valence-corrected chi connectivity index (χ1v) is 7.52. The average molecular weight is 307 g/mol. The van der Waals surface area contributed by atoms with E-state index in [1.807, 2.05) is 0 Å². The number of methoxy groups -OCH3 is 1. The predicted octanol–water partition coefficient (Wildman–Crippen LogP) is 1.93. The van der Waals surface area contributed by atoms with Gasteiger partial charge in [0.1, 0.15) is 0 Å². The summed E-state index contributed by atoms with van der Waals surface area (Å²) < 4.78 is 79.4. The van der Waals surface area contributed by atoms with Crippen LogP contribution >= 0.6 is 0 Å². The molecule has 2 heterocycles. The summed E-state index contributed by atoms with van der Waals surface area (Å²) in [7, 11) is 1.31. The molecule has 5 rings (SSSR count). The van der Waals surface area contributed by atoms with Crippen LogP contribution in [0.15, 0.2) is 12.1 Å². The molecule has 1 aromatic rings. The Hall–Kier alpha value is -1.55. The highest BCUT2D eigenvalue weighted by atomic mass is 16.5. The van der Waals surface area contributed by atoms with Gasteiger partial charge in [0.25, 0.3) is 0 Å². The molecule has 2 bridgehead atoms. The SMILES string of the molecule is [2H]c1c([2H])c2c3c(c1OC)OC1C(=O)CC[C@@]4([2H])[C@H](N(C([2H])([2H])[2H])CC[C@]314)C2([2H])[2H]. The van der Waals surface area contributed by atoms with Crippen LogP contribution in [0.1, 0.15) is 41.4 Å². The summed E-state index contributed by atoms with van der Waals surface area (Å²) in [6, 6.07) is -2.22. The monoisotopic (exact) mass is 307 g/mol.